The Balaban J connectivity index is 2.38. The molecule has 0 spiro atoms. The summed E-state index contributed by atoms with van der Waals surface area (Å²) in [5, 5.41) is 12.1. The third-order valence-electron chi connectivity index (χ3n) is 2.34. The zero-order chi connectivity index (χ0) is 12.0. The van der Waals surface area contributed by atoms with Gasteiger partial charge >= 0.3 is 0 Å². The van der Waals surface area contributed by atoms with E-state index in [1.165, 1.54) is 0 Å². The highest BCUT2D eigenvalue weighted by Gasteiger charge is 2.15. The van der Waals surface area contributed by atoms with Crippen LogP contribution in [0.4, 0.5) is 0 Å². The van der Waals surface area contributed by atoms with Crippen LogP contribution >= 0.6 is 0 Å². The van der Waals surface area contributed by atoms with Crippen LogP contribution in [0.25, 0.3) is 0 Å². The molecule has 0 radical (unpaired) electrons. The molecule has 0 fully saturated rings. The molecule has 0 amide bonds. The first-order valence-corrected chi connectivity index (χ1v) is 5.18. The van der Waals surface area contributed by atoms with Gasteiger partial charge in [-0.1, -0.05) is 0 Å². The molecule has 1 atom stereocenters. The highest BCUT2D eigenvalue weighted by molar-refractivity contribution is 5.06. The van der Waals surface area contributed by atoms with Crippen molar-refractivity contribution in [3.05, 3.63) is 23.7 Å². The van der Waals surface area contributed by atoms with Crippen LogP contribution in [0, 0.1) is 0 Å². The summed E-state index contributed by atoms with van der Waals surface area (Å²) in [5.74, 6) is 1.35. The molecule has 0 bridgehead atoms. The van der Waals surface area contributed by atoms with Crippen molar-refractivity contribution in [2.75, 3.05) is 14.2 Å². The van der Waals surface area contributed by atoms with Gasteiger partial charge in [-0.15, -0.1) is 0 Å². The fourth-order valence-electron chi connectivity index (χ4n) is 1.46. The highest BCUT2D eigenvalue weighted by atomic mass is 16.7. The molecule has 0 aromatic carbocycles. The Morgan fingerprint density at radius 1 is 1.31 bits per heavy atom. The molecular formula is C11H19NO4. The lowest BCUT2D eigenvalue weighted by atomic mass is 10.3. The minimum Gasteiger partial charge on any atom is -0.462 e. The van der Waals surface area contributed by atoms with Gasteiger partial charge in [-0.3, -0.25) is 0 Å². The molecule has 92 valence electrons. The zero-order valence-corrected chi connectivity index (χ0v) is 9.90. The van der Waals surface area contributed by atoms with Crippen LogP contribution in [0.3, 0.4) is 0 Å². The molecule has 0 saturated carbocycles. The highest BCUT2D eigenvalue weighted by Crippen LogP contribution is 2.08. The van der Waals surface area contributed by atoms with Crippen LogP contribution in [0.1, 0.15) is 18.4 Å². The SMILES string of the molecule is COC(OC)C(C)NCc1ccc(CO)o1. The quantitative estimate of drug-likeness (QED) is 0.679. The molecular weight excluding hydrogens is 210 g/mol. The van der Waals surface area contributed by atoms with Gasteiger partial charge in [0.05, 0.1) is 12.6 Å². The Morgan fingerprint density at radius 2 is 1.94 bits per heavy atom. The summed E-state index contributed by atoms with van der Waals surface area (Å²) in [5.41, 5.74) is 0. The summed E-state index contributed by atoms with van der Waals surface area (Å²) >= 11 is 0. The molecule has 0 saturated heterocycles. The van der Waals surface area contributed by atoms with Crippen LogP contribution in [0.2, 0.25) is 0 Å². The predicted octanol–water partition coefficient (Wildman–Crippen LogP) is 0.869. The molecule has 1 heterocycles. The molecule has 1 rings (SSSR count). The molecule has 1 aromatic heterocycles. The molecule has 0 aliphatic heterocycles. The van der Waals surface area contributed by atoms with Gasteiger partial charge in [0.1, 0.15) is 18.1 Å². The number of aliphatic hydroxyl groups excluding tert-OH is 1. The number of ether oxygens (including phenoxy) is 2. The van der Waals surface area contributed by atoms with E-state index in [0.717, 1.165) is 5.76 Å². The van der Waals surface area contributed by atoms with Gasteiger partial charge in [0.2, 0.25) is 0 Å². The van der Waals surface area contributed by atoms with E-state index in [1.807, 2.05) is 13.0 Å². The fraction of sp³-hybridized carbons (Fsp3) is 0.636. The Hall–Kier alpha value is -0.880. The molecule has 5 nitrogen and oxygen atoms in total. The lowest BCUT2D eigenvalue weighted by Gasteiger charge is -2.21. The van der Waals surface area contributed by atoms with Crippen molar-refractivity contribution in [2.45, 2.75) is 32.4 Å². The second-order valence-electron chi connectivity index (χ2n) is 3.54. The van der Waals surface area contributed by atoms with Crippen LogP contribution in [0.5, 0.6) is 0 Å². The number of nitrogens with one attached hydrogen (secondary N) is 1. The number of rotatable bonds is 7. The van der Waals surface area contributed by atoms with E-state index in [9.17, 15) is 0 Å². The summed E-state index contributed by atoms with van der Waals surface area (Å²) in [6, 6.07) is 3.64. The van der Waals surface area contributed by atoms with Crippen molar-refractivity contribution in [1.29, 1.82) is 0 Å². The molecule has 16 heavy (non-hydrogen) atoms. The van der Waals surface area contributed by atoms with Crippen molar-refractivity contribution in [2.24, 2.45) is 0 Å². The second kappa shape index (κ2) is 6.65. The Labute approximate surface area is 95.4 Å². The topological polar surface area (TPSA) is 63.9 Å². The molecule has 5 heteroatoms. The maximum absolute atomic E-state index is 8.84. The van der Waals surface area contributed by atoms with Crippen molar-refractivity contribution < 1.29 is 19.0 Å². The van der Waals surface area contributed by atoms with Crippen LogP contribution < -0.4 is 5.32 Å². The number of hydrogen-bond acceptors (Lipinski definition) is 5. The maximum atomic E-state index is 8.84. The van der Waals surface area contributed by atoms with E-state index in [4.69, 9.17) is 19.0 Å². The van der Waals surface area contributed by atoms with E-state index < -0.39 is 0 Å². The van der Waals surface area contributed by atoms with E-state index in [1.54, 1.807) is 20.3 Å². The van der Waals surface area contributed by atoms with Crippen LogP contribution in [0.15, 0.2) is 16.5 Å². The van der Waals surface area contributed by atoms with Crippen molar-refractivity contribution >= 4 is 0 Å². The van der Waals surface area contributed by atoms with Gasteiger partial charge in [-0.05, 0) is 19.1 Å². The molecule has 1 unspecified atom stereocenters. The number of furan rings is 1. The molecule has 2 N–H and O–H groups in total. The summed E-state index contributed by atoms with van der Waals surface area (Å²) < 4.78 is 15.6. The zero-order valence-electron chi connectivity index (χ0n) is 9.90. The van der Waals surface area contributed by atoms with E-state index in [-0.39, 0.29) is 18.9 Å². The fourth-order valence-corrected chi connectivity index (χ4v) is 1.46. The summed E-state index contributed by atoms with van der Waals surface area (Å²) in [7, 11) is 3.20. The first-order chi connectivity index (χ1) is 7.71. The molecule has 0 aliphatic rings. The smallest absolute Gasteiger partial charge is 0.171 e. The maximum Gasteiger partial charge on any atom is 0.171 e. The Morgan fingerprint density at radius 3 is 2.44 bits per heavy atom. The van der Waals surface area contributed by atoms with E-state index in [0.29, 0.717) is 12.3 Å². The summed E-state index contributed by atoms with van der Waals surface area (Å²) in [4.78, 5) is 0. The number of methoxy groups -OCH3 is 2. The van der Waals surface area contributed by atoms with Crippen molar-refractivity contribution in [1.82, 2.24) is 5.32 Å². The van der Waals surface area contributed by atoms with Gasteiger partial charge in [0.15, 0.2) is 6.29 Å². The lowest BCUT2D eigenvalue weighted by Crippen LogP contribution is -2.39. The van der Waals surface area contributed by atoms with Gasteiger partial charge < -0.3 is 24.3 Å². The van der Waals surface area contributed by atoms with Crippen molar-refractivity contribution in [3.63, 3.8) is 0 Å². The van der Waals surface area contributed by atoms with Gasteiger partial charge in [-0.2, -0.15) is 0 Å². The third-order valence-corrected chi connectivity index (χ3v) is 2.34. The standard InChI is InChI=1S/C11H19NO4/c1-8(11(14-2)15-3)12-6-9-4-5-10(7-13)16-9/h4-5,8,11-13H,6-7H2,1-3H3. The average molecular weight is 229 g/mol. The normalized spacial score (nSPS) is 13.3. The monoisotopic (exact) mass is 229 g/mol. The number of hydrogen-bond donors (Lipinski definition) is 2. The largest absolute Gasteiger partial charge is 0.462 e. The minimum absolute atomic E-state index is 0.0534. The summed E-state index contributed by atoms with van der Waals surface area (Å²) in [6.45, 7) is 2.46. The van der Waals surface area contributed by atoms with E-state index in [2.05, 4.69) is 5.32 Å². The summed E-state index contributed by atoms with van der Waals surface area (Å²) in [6.07, 6.45) is -0.285. The first kappa shape index (κ1) is 13.2. The number of aliphatic hydroxyl groups is 1. The van der Waals surface area contributed by atoms with Crippen LogP contribution in [-0.4, -0.2) is 31.7 Å². The molecule has 1 aromatic rings. The Kier molecular flexibility index (Phi) is 5.48. The Bertz CT molecular complexity index is 296. The van der Waals surface area contributed by atoms with Crippen molar-refractivity contribution in [3.8, 4) is 0 Å². The minimum atomic E-state index is -0.285. The first-order valence-electron chi connectivity index (χ1n) is 5.18. The van der Waals surface area contributed by atoms with Gasteiger partial charge in [0, 0.05) is 14.2 Å². The van der Waals surface area contributed by atoms with E-state index >= 15 is 0 Å². The average Bonchev–Trinajstić information content (AvgIpc) is 2.76. The second-order valence-corrected chi connectivity index (χ2v) is 3.54. The molecule has 0 aliphatic carbocycles. The lowest BCUT2D eigenvalue weighted by molar-refractivity contribution is -0.119. The van der Waals surface area contributed by atoms with Gasteiger partial charge in [0.25, 0.3) is 0 Å². The predicted molar refractivity (Wildman–Crippen MR) is 58.7 cm³/mol. The van der Waals surface area contributed by atoms with Gasteiger partial charge in [-0.25, -0.2) is 0 Å². The van der Waals surface area contributed by atoms with Crippen LogP contribution in [-0.2, 0) is 22.6 Å². The third kappa shape index (κ3) is 3.61.